The van der Waals surface area contributed by atoms with E-state index in [0.29, 0.717) is 18.9 Å². The molecule has 1 amide bonds. The van der Waals surface area contributed by atoms with Crippen molar-refractivity contribution in [3.8, 4) is 0 Å². The summed E-state index contributed by atoms with van der Waals surface area (Å²) in [6.07, 6.45) is 2.39. The molecule has 1 aliphatic heterocycles. The molecule has 0 aromatic heterocycles. The molecule has 0 saturated carbocycles. The summed E-state index contributed by atoms with van der Waals surface area (Å²) in [7, 11) is 1.53. The SMILES string of the molecule is CCCN(c1ccc([C@H](COC)CC(=O)O)cc1NC(=O)Cc1ccc(Cl)cc1F)C1CCOCC1. The van der Waals surface area contributed by atoms with Crippen LogP contribution in [0.3, 0.4) is 0 Å². The lowest BCUT2D eigenvalue weighted by atomic mass is 9.94. The first-order chi connectivity index (χ1) is 17.3. The van der Waals surface area contributed by atoms with E-state index >= 15 is 0 Å². The third-order valence-electron chi connectivity index (χ3n) is 6.33. The summed E-state index contributed by atoms with van der Waals surface area (Å²) in [5, 5.41) is 12.6. The van der Waals surface area contributed by atoms with Gasteiger partial charge < -0.3 is 24.8 Å². The molecule has 1 saturated heterocycles. The lowest BCUT2D eigenvalue weighted by Crippen LogP contribution is -2.40. The predicted molar refractivity (Wildman–Crippen MR) is 139 cm³/mol. The number of ether oxygens (including phenoxy) is 2. The number of carbonyl (C=O) groups is 2. The van der Waals surface area contributed by atoms with Gasteiger partial charge >= 0.3 is 5.97 Å². The number of halogens is 2. The fraction of sp³-hybridized carbons (Fsp3) is 0.481. The van der Waals surface area contributed by atoms with Gasteiger partial charge in [-0.05, 0) is 54.7 Å². The number of carboxylic acid groups (broad SMARTS) is 1. The number of hydrogen-bond donors (Lipinski definition) is 2. The number of benzene rings is 2. The zero-order chi connectivity index (χ0) is 26.1. The number of amides is 1. The number of methoxy groups -OCH3 is 1. The Bertz CT molecular complexity index is 1040. The fourth-order valence-corrected chi connectivity index (χ4v) is 4.77. The highest BCUT2D eigenvalue weighted by Crippen LogP contribution is 2.34. The molecule has 2 aromatic rings. The minimum Gasteiger partial charge on any atom is -0.481 e. The van der Waals surface area contributed by atoms with E-state index in [2.05, 4.69) is 17.1 Å². The van der Waals surface area contributed by atoms with Gasteiger partial charge in [-0.1, -0.05) is 30.7 Å². The zero-order valence-corrected chi connectivity index (χ0v) is 21.5. The van der Waals surface area contributed by atoms with Crippen LogP contribution in [0.2, 0.25) is 5.02 Å². The molecule has 196 valence electrons. The monoisotopic (exact) mass is 520 g/mol. The molecule has 2 N–H and O–H groups in total. The van der Waals surface area contributed by atoms with Crippen LogP contribution in [0.5, 0.6) is 0 Å². The summed E-state index contributed by atoms with van der Waals surface area (Å²) in [6.45, 7) is 4.47. The van der Waals surface area contributed by atoms with Gasteiger partial charge in [0.2, 0.25) is 5.91 Å². The molecule has 0 unspecified atom stereocenters. The van der Waals surface area contributed by atoms with E-state index in [1.54, 1.807) is 6.07 Å². The molecule has 0 spiro atoms. The summed E-state index contributed by atoms with van der Waals surface area (Å²) in [6, 6.07) is 10.1. The van der Waals surface area contributed by atoms with Crippen molar-refractivity contribution in [1.29, 1.82) is 0 Å². The van der Waals surface area contributed by atoms with Gasteiger partial charge in [0.15, 0.2) is 0 Å². The Morgan fingerprint density at radius 1 is 1.25 bits per heavy atom. The summed E-state index contributed by atoms with van der Waals surface area (Å²) < 4.78 is 25.1. The number of carbonyl (C=O) groups excluding carboxylic acids is 1. The Hall–Kier alpha value is -2.68. The second-order valence-corrected chi connectivity index (χ2v) is 9.46. The summed E-state index contributed by atoms with van der Waals surface area (Å²) in [4.78, 5) is 26.8. The van der Waals surface area contributed by atoms with Gasteiger partial charge in [0.05, 0.1) is 30.8 Å². The smallest absolute Gasteiger partial charge is 0.304 e. The van der Waals surface area contributed by atoms with Gasteiger partial charge in [-0.25, -0.2) is 4.39 Å². The van der Waals surface area contributed by atoms with Gasteiger partial charge in [0.1, 0.15) is 5.82 Å². The molecule has 0 radical (unpaired) electrons. The Kier molecular flexibility index (Phi) is 10.5. The van der Waals surface area contributed by atoms with E-state index in [-0.39, 0.29) is 47.9 Å². The van der Waals surface area contributed by atoms with Gasteiger partial charge in [0, 0.05) is 43.9 Å². The van der Waals surface area contributed by atoms with E-state index < -0.39 is 11.8 Å². The van der Waals surface area contributed by atoms with Crippen LogP contribution >= 0.6 is 11.6 Å². The van der Waals surface area contributed by atoms with Crippen LogP contribution in [0.1, 0.15) is 49.7 Å². The zero-order valence-electron chi connectivity index (χ0n) is 20.8. The Morgan fingerprint density at radius 3 is 2.64 bits per heavy atom. The predicted octanol–water partition coefficient (Wildman–Crippen LogP) is 5.26. The highest BCUT2D eigenvalue weighted by molar-refractivity contribution is 6.30. The molecule has 36 heavy (non-hydrogen) atoms. The highest BCUT2D eigenvalue weighted by Gasteiger charge is 2.25. The lowest BCUT2D eigenvalue weighted by Gasteiger charge is -2.37. The molecule has 9 heteroatoms. The van der Waals surface area contributed by atoms with Crippen LogP contribution in [-0.2, 0) is 25.5 Å². The van der Waals surface area contributed by atoms with E-state index in [1.165, 1.54) is 19.2 Å². The third kappa shape index (κ3) is 7.66. The lowest BCUT2D eigenvalue weighted by molar-refractivity contribution is -0.137. The maximum atomic E-state index is 14.3. The molecule has 7 nitrogen and oxygen atoms in total. The van der Waals surface area contributed by atoms with Crippen molar-refractivity contribution in [1.82, 2.24) is 0 Å². The van der Waals surface area contributed by atoms with Crippen LogP contribution in [0.15, 0.2) is 36.4 Å². The van der Waals surface area contributed by atoms with Crippen molar-refractivity contribution in [2.75, 3.05) is 43.7 Å². The van der Waals surface area contributed by atoms with Crippen molar-refractivity contribution in [3.05, 3.63) is 58.4 Å². The number of nitrogens with one attached hydrogen (secondary N) is 1. The van der Waals surface area contributed by atoms with Crippen molar-refractivity contribution in [2.45, 2.75) is 51.0 Å². The fourth-order valence-electron chi connectivity index (χ4n) is 4.61. The Morgan fingerprint density at radius 2 is 2.00 bits per heavy atom. The second kappa shape index (κ2) is 13.6. The van der Waals surface area contributed by atoms with Crippen molar-refractivity contribution in [2.24, 2.45) is 0 Å². The number of carboxylic acids is 1. The van der Waals surface area contributed by atoms with E-state index in [1.807, 2.05) is 18.2 Å². The van der Waals surface area contributed by atoms with Gasteiger partial charge in [-0.15, -0.1) is 0 Å². The van der Waals surface area contributed by atoms with Crippen LogP contribution in [0.4, 0.5) is 15.8 Å². The highest BCUT2D eigenvalue weighted by atomic mass is 35.5. The number of nitrogens with zero attached hydrogens (tertiary/aromatic N) is 1. The van der Waals surface area contributed by atoms with Crippen LogP contribution < -0.4 is 10.2 Å². The third-order valence-corrected chi connectivity index (χ3v) is 6.56. The largest absolute Gasteiger partial charge is 0.481 e. The van der Waals surface area contributed by atoms with E-state index in [9.17, 15) is 19.1 Å². The quantitative estimate of drug-likeness (QED) is 0.397. The average molecular weight is 521 g/mol. The number of anilines is 2. The van der Waals surface area contributed by atoms with Crippen molar-refractivity contribution < 1.29 is 28.6 Å². The first-order valence-corrected chi connectivity index (χ1v) is 12.6. The second-order valence-electron chi connectivity index (χ2n) is 9.02. The van der Waals surface area contributed by atoms with Crippen LogP contribution in [0, 0.1) is 5.82 Å². The Labute approximate surface area is 216 Å². The molecular weight excluding hydrogens is 487 g/mol. The summed E-state index contributed by atoms with van der Waals surface area (Å²) >= 11 is 5.84. The molecular formula is C27H34ClFN2O5. The van der Waals surface area contributed by atoms with Crippen LogP contribution in [0.25, 0.3) is 0 Å². The Balaban J connectivity index is 1.96. The van der Waals surface area contributed by atoms with Gasteiger partial charge in [0.25, 0.3) is 0 Å². The molecule has 0 aliphatic carbocycles. The molecule has 0 bridgehead atoms. The normalized spacial score (nSPS) is 14.9. The molecule has 1 atom stereocenters. The minimum atomic E-state index is -0.931. The molecule has 1 heterocycles. The van der Waals surface area contributed by atoms with Crippen molar-refractivity contribution in [3.63, 3.8) is 0 Å². The maximum Gasteiger partial charge on any atom is 0.304 e. The number of hydrogen-bond acceptors (Lipinski definition) is 5. The first-order valence-electron chi connectivity index (χ1n) is 12.2. The summed E-state index contributed by atoms with van der Waals surface area (Å²) in [5.41, 5.74) is 2.41. The standard InChI is InChI=1S/C27H34ClFN2O5/c1-3-10-31(22-8-11-36-12-9-22)25-7-5-18(20(17-35-2)15-27(33)34)13-24(25)30-26(32)14-19-4-6-21(28)16-23(19)29/h4-7,13,16,20,22H,3,8-12,14-15,17H2,1-2H3,(H,30,32)(H,33,34)/t20-/m0/s1. The van der Waals surface area contributed by atoms with Gasteiger partial charge in [-0.2, -0.15) is 0 Å². The van der Waals surface area contributed by atoms with E-state index in [4.69, 9.17) is 21.1 Å². The number of rotatable bonds is 12. The minimum absolute atomic E-state index is 0.102. The molecule has 1 aliphatic rings. The maximum absolute atomic E-state index is 14.3. The molecule has 1 fully saturated rings. The van der Waals surface area contributed by atoms with Crippen molar-refractivity contribution >= 4 is 34.9 Å². The average Bonchev–Trinajstić information content (AvgIpc) is 2.84. The van der Waals surface area contributed by atoms with E-state index in [0.717, 1.165) is 37.1 Å². The molecule has 2 aromatic carbocycles. The summed E-state index contributed by atoms with van der Waals surface area (Å²) in [5.74, 6) is -2.23. The first kappa shape index (κ1) is 27.9. The molecule has 3 rings (SSSR count). The van der Waals surface area contributed by atoms with Crippen LogP contribution in [-0.4, -0.2) is 56.5 Å². The topological polar surface area (TPSA) is 88.1 Å². The number of aliphatic carboxylic acids is 1. The van der Waals surface area contributed by atoms with Gasteiger partial charge in [-0.3, -0.25) is 9.59 Å².